The average Bonchev–Trinajstić information content (AvgIpc) is 2.38. The van der Waals surface area contributed by atoms with Crippen LogP contribution in [-0.4, -0.2) is 20.4 Å². The number of phenols is 4. The van der Waals surface area contributed by atoms with Gasteiger partial charge in [-0.15, -0.1) is 0 Å². The summed E-state index contributed by atoms with van der Waals surface area (Å²) < 4.78 is 5.33. The van der Waals surface area contributed by atoms with Crippen LogP contribution in [0.4, 0.5) is 0 Å². The van der Waals surface area contributed by atoms with Gasteiger partial charge in [0.2, 0.25) is 0 Å². The fourth-order valence-electron chi connectivity index (χ4n) is 1.41. The Morgan fingerprint density at radius 1 is 0.895 bits per heavy atom. The van der Waals surface area contributed by atoms with E-state index in [-0.39, 0.29) is 12.4 Å². The zero-order valence-electron chi connectivity index (χ0n) is 9.78. The lowest BCUT2D eigenvalue weighted by Crippen LogP contribution is -1.86. The normalized spacial score (nSPS) is 10.5. The minimum atomic E-state index is -0.546. The molecule has 6 heteroatoms. The van der Waals surface area contributed by atoms with Crippen molar-refractivity contribution >= 4 is 12.0 Å². The molecule has 0 radical (unpaired) electrons. The van der Waals surface area contributed by atoms with Crippen molar-refractivity contribution in [2.75, 3.05) is 0 Å². The van der Waals surface area contributed by atoms with Crippen molar-refractivity contribution in [1.29, 1.82) is 0 Å². The minimum Gasteiger partial charge on any atom is -0.508 e. The van der Waals surface area contributed by atoms with Gasteiger partial charge in [-0.1, -0.05) is 0 Å². The maximum atomic E-state index is 9.33. The molecular weight excluding hydrogens is 268 g/mol. The predicted molar refractivity (Wildman–Crippen MR) is 70.2 cm³/mol. The first-order valence-corrected chi connectivity index (χ1v) is 6.13. The Balaban J connectivity index is 1.94. The van der Waals surface area contributed by atoms with Crippen LogP contribution in [0.25, 0.3) is 0 Å². The molecule has 0 amide bonds. The summed E-state index contributed by atoms with van der Waals surface area (Å²) in [6, 6.07) is 9.12. The Morgan fingerprint density at radius 3 is 2.05 bits per heavy atom. The number of aromatic hydroxyl groups is 4. The summed E-state index contributed by atoms with van der Waals surface area (Å²) in [6.07, 6.45) is 0. The molecule has 2 rings (SSSR count). The van der Waals surface area contributed by atoms with Crippen LogP contribution in [-0.2, 0) is 10.8 Å². The van der Waals surface area contributed by atoms with Crippen LogP contribution in [0.15, 0.2) is 41.3 Å². The highest BCUT2D eigenvalue weighted by molar-refractivity contribution is 7.94. The standard InChI is InChI=1S/C13H12O5S/c14-9-1-3-10(4-2-9)19-18-7-8-5-11(15)13(17)12(16)6-8/h1-6,14-17H,7H2. The molecule has 0 aliphatic heterocycles. The topological polar surface area (TPSA) is 90.2 Å². The van der Waals surface area contributed by atoms with Crippen molar-refractivity contribution < 1.29 is 24.6 Å². The molecular formula is C13H12O5S. The molecule has 2 aromatic rings. The summed E-state index contributed by atoms with van der Waals surface area (Å²) in [5.74, 6) is -1.16. The van der Waals surface area contributed by atoms with Gasteiger partial charge < -0.3 is 24.6 Å². The monoisotopic (exact) mass is 280 g/mol. The molecule has 0 aliphatic carbocycles. The van der Waals surface area contributed by atoms with Crippen LogP contribution in [0, 0.1) is 0 Å². The van der Waals surface area contributed by atoms with E-state index in [2.05, 4.69) is 0 Å². The SMILES string of the molecule is Oc1ccc(SOCc2cc(O)c(O)c(O)c2)cc1. The van der Waals surface area contributed by atoms with Crippen molar-refractivity contribution in [3.05, 3.63) is 42.0 Å². The maximum absolute atomic E-state index is 9.33. The van der Waals surface area contributed by atoms with E-state index in [1.165, 1.54) is 12.1 Å². The highest BCUT2D eigenvalue weighted by atomic mass is 32.2. The highest BCUT2D eigenvalue weighted by Crippen LogP contribution is 2.36. The fraction of sp³-hybridized carbons (Fsp3) is 0.0769. The van der Waals surface area contributed by atoms with Crippen molar-refractivity contribution in [3.8, 4) is 23.0 Å². The zero-order valence-corrected chi connectivity index (χ0v) is 10.6. The third-order valence-corrected chi connectivity index (χ3v) is 3.05. The zero-order chi connectivity index (χ0) is 13.8. The lowest BCUT2D eigenvalue weighted by molar-refractivity contribution is 0.348. The van der Waals surface area contributed by atoms with E-state index in [1.54, 1.807) is 24.3 Å². The lowest BCUT2D eigenvalue weighted by atomic mass is 10.2. The van der Waals surface area contributed by atoms with Crippen LogP contribution < -0.4 is 0 Å². The number of hydrogen-bond donors (Lipinski definition) is 4. The smallest absolute Gasteiger partial charge is 0.200 e. The van der Waals surface area contributed by atoms with Crippen molar-refractivity contribution in [2.45, 2.75) is 11.5 Å². The average molecular weight is 280 g/mol. The first kappa shape index (κ1) is 13.4. The number of hydrogen-bond acceptors (Lipinski definition) is 6. The Morgan fingerprint density at radius 2 is 1.47 bits per heavy atom. The van der Waals surface area contributed by atoms with E-state index in [0.717, 1.165) is 16.9 Å². The van der Waals surface area contributed by atoms with Crippen molar-refractivity contribution in [1.82, 2.24) is 0 Å². The molecule has 0 saturated heterocycles. The van der Waals surface area contributed by atoms with Crippen LogP contribution in [0.5, 0.6) is 23.0 Å². The molecule has 5 nitrogen and oxygen atoms in total. The van der Waals surface area contributed by atoms with Gasteiger partial charge in [-0.25, -0.2) is 0 Å². The van der Waals surface area contributed by atoms with Crippen LogP contribution in [0.3, 0.4) is 0 Å². The molecule has 0 saturated carbocycles. The Kier molecular flexibility index (Phi) is 4.03. The Hall–Kier alpha value is -2.05. The Labute approximate surface area is 113 Å². The second-order valence-corrected chi connectivity index (χ2v) is 4.70. The third kappa shape index (κ3) is 3.46. The van der Waals surface area contributed by atoms with Gasteiger partial charge >= 0.3 is 0 Å². The van der Waals surface area contributed by atoms with Gasteiger partial charge in [-0.2, -0.15) is 0 Å². The molecule has 0 aromatic heterocycles. The van der Waals surface area contributed by atoms with Gasteiger partial charge in [0, 0.05) is 16.9 Å². The van der Waals surface area contributed by atoms with Gasteiger partial charge in [-0.3, -0.25) is 0 Å². The molecule has 0 heterocycles. The summed E-state index contributed by atoms with van der Waals surface area (Å²) in [6.45, 7) is 0.146. The van der Waals surface area contributed by atoms with E-state index >= 15 is 0 Å². The summed E-state index contributed by atoms with van der Waals surface area (Å²) in [5.41, 5.74) is 0.527. The van der Waals surface area contributed by atoms with E-state index in [4.69, 9.17) is 9.29 Å². The van der Waals surface area contributed by atoms with Gasteiger partial charge in [0.15, 0.2) is 17.2 Å². The van der Waals surface area contributed by atoms with Crippen LogP contribution >= 0.6 is 12.0 Å². The highest BCUT2D eigenvalue weighted by Gasteiger charge is 2.08. The lowest BCUT2D eigenvalue weighted by Gasteiger charge is -2.06. The number of rotatable bonds is 4. The molecule has 0 bridgehead atoms. The van der Waals surface area contributed by atoms with Gasteiger partial charge in [0.05, 0.1) is 6.61 Å². The Bertz CT molecular complexity index is 545. The first-order chi connectivity index (χ1) is 9.06. The van der Waals surface area contributed by atoms with Crippen LogP contribution in [0.2, 0.25) is 0 Å². The third-order valence-electron chi connectivity index (χ3n) is 2.35. The number of phenolic OH excluding ortho intramolecular Hbond substituents is 4. The second-order valence-electron chi connectivity index (χ2n) is 3.82. The molecule has 19 heavy (non-hydrogen) atoms. The second kappa shape index (κ2) is 5.73. The summed E-state index contributed by atoms with van der Waals surface area (Å²) >= 11 is 1.10. The van der Waals surface area contributed by atoms with E-state index < -0.39 is 17.2 Å². The quantitative estimate of drug-likeness (QED) is 0.508. The summed E-state index contributed by atoms with van der Waals surface area (Å²) in [4.78, 5) is 0.810. The summed E-state index contributed by atoms with van der Waals surface area (Å²) in [5, 5.41) is 37.0. The predicted octanol–water partition coefficient (Wildman–Crippen LogP) is 2.73. The largest absolute Gasteiger partial charge is 0.508 e. The van der Waals surface area contributed by atoms with Crippen LogP contribution in [0.1, 0.15) is 5.56 Å². The molecule has 0 aliphatic rings. The molecule has 100 valence electrons. The molecule has 0 fully saturated rings. The van der Waals surface area contributed by atoms with Gasteiger partial charge in [0.1, 0.15) is 5.75 Å². The fourth-order valence-corrected chi connectivity index (χ4v) is 1.99. The first-order valence-electron chi connectivity index (χ1n) is 5.38. The molecule has 0 spiro atoms. The molecule has 0 atom stereocenters. The van der Waals surface area contributed by atoms with Crippen molar-refractivity contribution in [3.63, 3.8) is 0 Å². The minimum absolute atomic E-state index is 0.146. The molecule has 4 N–H and O–H groups in total. The molecule has 2 aromatic carbocycles. The summed E-state index contributed by atoms with van der Waals surface area (Å²) in [7, 11) is 0. The van der Waals surface area contributed by atoms with E-state index in [0.29, 0.717) is 5.56 Å². The van der Waals surface area contributed by atoms with E-state index in [9.17, 15) is 15.3 Å². The number of benzene rings is 2. The van der Waals surface area contributed by atoms with Crippen molar-refractivity contribution in [2.24, 2.45) is 0 Å². The van der Waals surface area contributed by atoms with Gasteiger partial charge in [0.25, 0.3) is 0 Å². The van der Waals surface area contributed by atoms with Gasteiger partial charge in [-0.05, 0) is 42.0 Å². The maximum Gasteiger partial charge on any atom is 0.200 e. The molecule has 0 unspecified atom stereocenters. The van der Waals surface area contributed by atoms with E-state index in [1.807, 2.05) is 0 Å².